The number of nitrogens with zero attached hydrogens (tertiary/aromatic N) is 2. The first kappa shape index (κ1) is 21.0. The Hall–Kier alpha value is -1.05. The molecule has 5 nitrogen and oxygen atoms in total. The molecule has 0 atom stereocenters. The van der Waals surface area contributed by atoms with E-state index in [2.05, 4.69) is 40.7 Å². The zero-order valence-electron chi connectivity index (χ0n) is 15.2. The third kappa shape index (κ3) is 6.11. The topological polar surface area (TPSA) is 62.5 Å². The first-order valence-electron chi connectivity index (χ1n) is 8.87. The number of rotatable bonds is 7. The summed E-state index contributed by atoms with van der Waals surface area (Å²) in [6.45, 7) is 5.83. The monoisotopic (exact) mass is 446 g/mol. The summed E-state index contributed by atoms with van der Waals surface area (Å²) < 4.78 is 5.40. The molecule has 2 rings (SSSR count). The van der Waals surface area contributed by atoms with E-state index in [0.717, 1.165) is 43.2 Å². The van der Waals surface area contributed by atoms with Crippen LogP contribution in [-0.2, 0) is 19.4 Å². The summed E-state index contributed by atoms with van der Waals surface area (Å²) in [6, 6.07) is 0. The zero-order chi connectivity index (χ0) is 16.5. The van der Waals surface area contributed by atoms with E-state index in [9.17, 15) is 0 Å². The van der Waals surface area contributed by atoms with E-state index in [-0.39, 0.29) is 24.0 Å². The van der Waals surface area contributed by atoms with Gasteiger partial charge in [0.1, 0.15) is 5.76 Å². The van der Waals surface area contributed by atoms with Gasteiger partial charge >= 0.3 is 0 Å². The molecule has 1 aromatic heterocycles. The van der Waals surface area contributed by atoms with Crippen LogP contribution in [-0.4, -0.2) is 24.7 Å². The molecule has 0 saturated heterocycles. The van der Waals surface area contributed by atoms with Gasteiger partial charge in [0.15, 0.2) is 5.96 Å². The van der Waals surface area contributed by atoms with Gasteiger partial charge in [-0.2, -0.15) is 0 Å². The standard InChI is InChI=1S/C18H30N4O.HI/c1-4-16-15(17(5-2)23-22-16)13-21-18(19-3)20-12-11-14-9-7-6-8-10-14;/h9H,4-8,10-13H2,1-3H3,(H2,19,20,21);1H. The van der Waals surface area contributed by atoms with Crippen LogP contribution in [0.5, 0.6) is 0 Å². The third-order valence-electron chi connectivity index (χ3n) is 4.39. The highest BCUT2D eigenvalue weighted by molar-refractivity contribution is 14.0. The van der Waals surface area contributed by atoms with E-state index >= 15 is 0 Å². The van der Waals surface area contributed by atoms with Crippen molar-refractivity contribution in [1.29, 1.82) is 0 Å². The largest absolute Gasteiger partial charge is 0.361 e. The van der Waals surface area contributed by atoms with E-state index in [1.165, 1.54) is 31.2 Å². The average Bonchev–Trinajstić information content (AvgIpc) is 3.00. The van der Waals surface area contributed by atoms with Crippen LogP contribution >= 0.6 is 24.0 Å². The summed E-state index contributed by atoms with van der Waals surface area (Å²) in [5, 5.41) is 10.9. The van der Waals surface area contributed by atoms with Gasteiger partial charge < -0.3 is 15.2 Å². The Balaban J connectivity index is 0.00000288. The summed E-state index contributed by atoms with van der Waals surface area (Å²) >= 11 is 0. The molecule has 0 aromatic carbocycles. The second-order valence-corrected chi connectivity index (χ2v) is 5.95. The zero-order valence-corrected chi connectivity index (χ0v) is 17.5. The highest BCUT2D eigenvalue weighted by Gasteiger charge is 2.13. The minimum Gasteiger partial charge on any atom is -0.361 e. The maximum atomic E-state index is 5.40. The number of halogens is 1. The van der Waals surface area contributed by atoms with Crippen LogP contribution in [0.3, 0.4) is 0 Å². The molecule has 1 aliphatic carbocycles. The second kappa shape index (κ2) is 11.5. The number of aromatic nitrogens is 1. The number of aliphatic imine (C=N–C) groups is 1. The van der Waals surface area contributed by atoms with Gasteiger partial charge in [0.25, 0.3) is 0 Å². The van der Waals surface area contributed by atoms with Crippen molar-refractivity contribution in [2.24, 2.45) is 4.99 Å². The number of hydrogen-bond donors (Lipinski definition) is 2. The SMILES string of the molecule is CCc1noc(CC)c1CNC(=NC)NCCC1=CCCCC1.I. The van der Waals surface area contributed by atoms with Crippen LogP contribution < -0.4 is 10.6 Å². The van der Waals surface area contributed by atoms with Crippen LogP contribution in [0.2, 0.25) is 0 Å². The van der Waals surface area contributed by atoms with Crippen molar-refractivity contribution in [3.8, 4) is 0 Å². The number of hydrogen-bond acceptors (Lipinski definition) is 3. The Morgan fingerprint density at radius 2 is 2.08 bits per heavy atom. The van der Waals surface area contributed by atoms with Crippen LogP contribution in [0.25, 0.3) is 0 Å². The van der Waals surface area contributed by atoms with Crippen LogP contribution in [0.1, 0.15) is 63.0 Å². The fourth-order valence-corrected chi connectivity index (χ4v) is 3.00. The lowest BCUT2D eigenvalue weighted by Gasteiger charge is -2.15. The average molecular weight is 446 g/mol. The summed E-state index contributed by atoms with van der Waals surface area (Å²) in [7, 11) is 1.81. The fourth-order valence-electron chi connectivity index (χ4n) is 3.00. The van der Waals surface area contributed by atoms with Gasteiger partial charge in [0, 0.05) is 32.1 Å². The Kier molecular flexibility index (Phi) is 10.1. The van der Waals surface area contributed by atoms with Gasteiger partial charge in [-0.1, -0.05) is 30.7 Å². The predicted molar refractivity (Wildman–Crippen MR) is 110 cm³/mol. The summed E-state index contributed by atoms with van der Waals surface area (Å²) in [4.78, 5) is 4.31. The summed E-state index contributed by atoms with van der Waals surface area (Å²) in [5.41, 5.74) is 3.80. The molecule has 0 saturated carbocycles. The quantitative estimate of drug-likeness (QED) is 0.288. The highest BCUT2D eigenvalue weighted by Crippen LogP contribution is 2.19. The molecule has 1 aromatic rings. The molecule has 2 N–H and O–H groups in total. The van der Waals surface area contributed by atoms with Crippen LogP contribution in [0.15, 0.2) is 21.2 Å². The molecule has 0 spiro atoms. The lowest BCUT2D eigenvalue weighted by Crippen LogP contribution is -2.37. The van der Waals surface area contributed by atoms with Crippen molar-refractivity contribution >= 4 is 29.9 Å². The first-order valence-corrected chi connectivity index (χ1v) is 8.87. The van der Waals surface area contributed by atoms with Crippen molar-refractivity contribution < 1.29 is 4.52 Å². The van der Waals surface area contributed by atoms with Gasteiger partial charge in [0.2, 0.25) is 0 Å². The van der Waals surface area contributed by atoms with Crippen molar-refractivity contribution in [3.05, 3.63) is 28.7 Å². The molecule has 6 heteroatoms. The predicted octanol–water partition coefficient (Wildman–Crippen LogP) is 3.97. The van der Waals surface area contributed by atoms with E-state index in [1.54, 1.807) is 5.57 Å². The molecule has 0 radical (unpaired) electrons. The Bertz CT molecular complexity index is 530. The minimum absolute atomic E-state index is 0. The molecule has 0 fully saturated rings. The fraction of sp³-hybridized carbons (Fsp3) is 0.667. The molecule has 24 heavy (non-hydrogen) atoms. The summed E-state index contributed by atoms with van der Waals surface area (Å²) in [6.07, 6.45) is 10.5. The van der Waals surface area contributed by atoms with Gasteiger partial charge in [-0.05, 0) is 38.5 Å². The second-order valence-electron chi connectivity index (χ2n) is 5.95. The normalized spacial score (nSPS) is 14.8. The number of allylic oxidation sites excluding steroid dienone is 1. The third-order valence-corrected chi connectivity index (χ3v) is 4.39. The van der Waals surface area contributed by atoms with Gasteiger partial charge in [0.05, 0.1) is 5.69 Å². The molecule has 0 aliphatic heterocycles. The minimum atomic E-state index is 0. The van der Waals surface area contributed by atoms with Crippen molar-refractivity contribution in [3.63, 3.8) is 0 Å². The molecular formula is C18H31IN4O. The van der Waals surface area contributed by atoms with Gasteiger partial charge in [-0.3, -0.25) is 4.99 Å². The van der Waals surface area contributed by atoms with Crippen molar-refractivity contribution in [2.45, 2.75) is 65.3 Å². The Morgan fingerprint density at radius 3 is 2.71 bits per heavy atom. The maximum Gasteiger partial charge on any atom is 0.191 e. The lowest BCUT2D eigenvalue weighted by molar-refractivity contribution is 0.380. The lowest BCUT2D eigenvalue weighted by atomic mass is 9.97. The van der Waals surface area contributed by atoms with Crippen LogP contribution in [0.4, 0.5) is 0 Å². The van der Waals surface area contributed by atoms with E-state index < -0.39 is 0 Å². The van der Waals surface area contributed by atoms with Crippen LogP contribution in [0, 0.1) is 0 Å². The van der Waals surface area contributed by atoms with E-state index in [1.807, 2.05) is 7.05 Å². The Morgan fingerprint density at radius 1 is 1.25 bits per heavy atom. The smallest absolute Gasteiger partial charge is 0.191 e. The maximum absolute atomic E-state index is 5.40. The van der Waals surface area contributed by atoms with E-state index in [4.69, 9.17) is 4.52 Å². The van der Waals surface area contributed by atoms with Gasteiger partial charge in [-0.15, -0.1) is 24.0 Å². The molecule has 0 bridgehead atoms. The molecule has 136 valence electrons. The van der Waals surface area contributed by atoms with E-state index in [0.29, 0.717) is 6.54 Å². The van der Waals surface area contributed by atoms with Crippen molar-refractivity contribution in [2.75, 3.05) is 13.6 Å². The molecule has 1 heterocycles. The molecule has 1 aliphatic rings. The summed E-state index contributed by atoms with van der Waals surface area (Å²) in [5.74, 6) is 1.81. The molecular weight excluding hydrogens is 415 g/mol. The first-order chi connectivity index (χ1) is 11.3. The Labute approximate surface area is 162 Å². The van der Waals surface area contributed by atoms with Gasteiger partial charge in [-0.25, -0.2) is 0 Å². The number of nitrogens with one attached hydrogen (secondary N) is 2. The number of guanidine groups is 1. The molecule has 0 amide bonds. The van der Waals surface area contributed by atoms with Crippen molar-refractivity contribution in [1.82, 2.24) is 15.8 Å². The highest BCUT2D eigenvalue weighted by atomic mass is 127. The number of aryl methyl sites for hydroxylation is 2. The molecule has 0 unspecified atom stereocenters.